The Morgan fingerprint density at radius 3 is 2.65 bits per heavy atom. The number of halogens is 2. The Labute approximate surface area is 138 Å². The predicted octanol–water partition coefficient (Wildman–Crippen LogP) is 4.83. The van der Waals surface area contributed by atoms with Crippen LogP contribution in [0, 0.1) is 12.3 Å². The fourth-order valence-corrected chi connectivity index (χ4v) is 3.98. The number of alkyl halides is 1. The van der Waals surface area contributed by atoms with E-state index in [4.69, 9.17) is 0 Å². The van der Waals surface area contributed by atoms with Crippen molar-refractivity contribution in [3.8, 4) is 0 Å². The van der Waals surface area contributed by atoms with Crippen LogP contribution >= 0.6 is 31.9 Å². The summed E-state index contributed by atoms with van der Waals surface area (Å²) in [5.41, 5.74) is 2.02. The number of benzene rings is 1. The van der Waals surface area contributed by atoms with E-state index in [-0.39, 0.29) is 11.3 Å². The first-order valence-corrected chi connectivity index (χ1v) is 9.08. The van der Waals surface area contributed by atoms with E-state index in [1.165, 1.54) is 32.1 Å². The first kappa shape index (κ1) is 16.0. The lowest BCUT2D eigenvalue weighted by molar-refractivity contribution is 0.0921. The van der Waals surface area contributed by atoms with Gasteiger partial charge in [0.2, 0.25) is 0 Å². The van der Waals surface area contributed by atoms with E-state index in [0.717, 1.165) is 27.5 Å². The summed E-state index contributed by atoms with van der Waals surface area (Å²) in [4.78, 5) is 12.4. The number of carbonyl (C=O) groups is 1. The summed E-state index contributed by atoms with van der Waals surface area (Å²) in [6, 6.07) is 5.83. The van der Waals surface area contributed by atoms with Gasteiger partial charge in [-0.2, -0.15) is 0 Å². The van der Waals surface area contributed by atoms with Crippen LogP contribution in [0.15, 0.2) is 22.7 Å². The molecular formula is C16H21Br2NO. The highest BCUT2D eigenvalue weighted by Crippen LogP contribution is 2.37. The average Bonchev–Trinajstić information content (AvgIpc) is 2.48. The van der Waals surface area contributed by atoms with Gasteiger partial charge in [-0.05, 0) is 42.9 Å². The third kappa shape index (κ3) is 3.85. The minimum atomic E-state index is 0.0368. The minimum absolute atomic E-state index is 0.0368. The maximum absolute atomic E-state index is 12.4. The summed E-state index contributed by atoms with van der Waals surface area (Å²) in [5, 5.41) is 4.11. The van der Waals surface area contributed by atoms with E-state index in [0.29, 0.717) is 0 Å². The van der Waals surface area contributed by atoms with Crippen LogP contribution in [0.4, 0.5) is 0 Å². The van der Waals surface area contributed by atoms with Gasteiger partial charge in [-0.3, -0.25) is 4.79 Å². The van der Waals surface area contributed by atoms with Crippen molar-refractivity contribution >= 4 is 37.8 Å². The van der Waals surface area contributed by atoms with E-state index in [1.54, 1.807) is 0 Å². The van der Waals surface area contributed by atoms with Crippen molar-refractivity contribution < 1.29 is 4.79 Å². The smallest absolute Gasteiger partial charge is 0.251 e. The first-order chi connectivity index (χ1) is 9.56. The molecule has 1 amide bonds. The van der Waals surface area contributed by atoms with Crippen LogP contribution in [0.25, 0.3) is 0 Å². The van der Waals surface area contributed by atoms with Crippen LogP contribution in [0.3, 0.4) is 0 Å². The van der Waals surface area contributed by atoms with Crippen molar-refractivity contribution in [1.29, 1.82) is 0 Å². The highest BCUT2D eigenvalue weighted by molar-refractivity contribution is 9.10. The van der Waals surface area contributed by atoms with E-state index >= 15 is 0 Å². The number of carbonyl (C=O) groups excluding carboxylic acids is 1. The average molecular weight is 403 g/mol. The van der Waals surface area contributed by atoms with Gasteiger partial charge in [0, 0.05) is 21.9 Å². The van der Waals surface area contributed by atoms with E-state index < -0.39 is 0 Å². The second kappa shape index (κ2) is 7.08. The zero-order valence-electron chi connectivity index (χ0n) is 11.8. The summed E-state index contributed by atoms with van der Waals surface area (Å²) >= 11 is 7.07. The fourth-order valence-electron chi connectivity index (χ4n) is 2.86. The molecule has 1 fully saturated rings. The zero-order valence-corrected chi connectivity index (χ0v) is 15.0. The Kier molecular flexibility index (Phi) is 5.67. The SMILES string of the molecule is Cc1ccc(Br)cc1C(=O)NCC1(CBr)CCCCC1. The van der Waals surface area contributed by atoms with E-state index in [1.807, 2.05) is 25.1 Å². The Balaban J connectivity index is 2.02. The van der Waals surface area contributed by atoms with Crippen molar-refractivity contribution in [3.63, 3.8) is 0 Å². The predicted molar refractivity (Wildman–Crippen MR) is 90.5 cm³/mol. The molecule has 4 heteroatoms. The van der Waals surface area contributed by atoms with Gasteiger partial charge in [0.05, 0.1) is 0 Å². The highest BCUT2D eigenvalue weighted by atomic mass is 79.9. The summed E-state index contributed by atoms with van der Waals surface area (Å²) in [5.74, 6) is 0.0368. The molecule has 2 rings (SSSR count). The Hall–Kier alpha value is -0.350. The molecule has 110 valence electrons. The molecule has 1 aromatic rings. The number of amides is 1. The standard InChI is InChI=1S/C16H21Br2NO/c1-12-5-6-13(18)9-14(12)15(20)19-11-16(10-17)7-3-2-4-8-16/h5-6,9H,2-4,7-8,10-11H2,1H3,(H,19,20). The van der Waals surface area contributed by atoms with E-state index in [9.17, 15) is 4.79 Å². The molecule has 0 bridgehead atoms. The van der Waals surface area contributed by atoms with Crippen LogP contribution in [-0.2, 0) is 0 Å². The van der Waals surface area contributed by atoms with Crippen LogP contribution in [0.2, 0.25) is 0 Å². The highest BCUT2D eigenvalue weighted by Gasteiger charge is 2.31. The molecule has 2 nitrogen and oxygen atoms in total. The maximum atomic E-state index is 12.4. The van der Waals surface area contributed by atoms with Gasteiger partial charge in [-0.25, -0.2) is 0 Å². The molecule has 1 aliphatic carbocycles. The fraction of sp³-hybridized carbons (Fsp3) is 0.562. The normalized spacial score (nSPS) is 17.8. The van der Waals surface area contributed by atoms with Crippen molar-refractivity contribution in [2.75, 3.05) is 11.9 Å². The number of aryl methyl sites for hydroxylation is 1. The summed E-state index contributed by atoms with van der Waals surface area (Å²) in [7, 11) is 0. The molecule has 1 aliphatic rings. The molecule has 0 spiro atoms. The quantitative estimate of drug-likeness (QED) is 0.717. The molecular weight excluding hydrogens is 382 g/mol. The number of nitrogens with one attached hydrogen (secondary N) is 1. The Morgan fingerprint density at radius 2 is 2.00 bits per heavy atom. The lowest BCUT2D eigenvalue weighted by Gasteiger charge is -2.35. The molecule has 0 aliphatic heterocycles. The molecule has 0 saturated heterocycles. The minimum Gasteiger partial charge on any atom is -0.351 e. The maximum Gasteiger partial charge on any atom is 0.251 e. The van der Waals surface area contributed by atoms with Gasteiger partial charge in [0.15, 0.2) is 0 Å². The van der Waals surface area contributed by atoms with Crippen LogP contribution in [0.1, 0.15) is 48.0 Å². The first-order valence-electron chi connectivity index (χ1n) is 7.17. The molecule has 0 unspecified atom stereocenters. The van der Waals surface area contributed by atoms with Gasteiger partial charge < -0.3 is 5.32 Å². The van der Waals surface area contributed by atoms with E-state index in [2.05, 4.69) is 37.2 Å². The lowest BCUT2D eigenvalue weighted by Crippen LogP contribution is -2.40. The monoisotopic (exact) mass is 401 g/mol. The van der Waals surface area contributed by atoms with Gasteiger partial charge in [-0.15, -0.1) is 0 Å². The van der Waals surface area contributed by atoms with Gasteiger partial charge >= 0.3 is 0 Å². The summed E-state index contributed by atoms with van der Waals surface area (Å²) in [6.07, 6.45) is 6.29. The van der Waals surface area contributed by atoms with Crippen LogP contribution in [-0.4, -0.2) is 17.8 Å². The van der Waals surface area contributed by atoms with Crippen LogP contribution in [0.5, 0.6) is 0 Å². The molecule has 20 heavy (non-hydrogen) atoms. The van der Waals surface area contributed by atoms with Crippen molar-refractivity contribution in [3.05, 3.63) is 33.8 Å². The second-order valence-corrected chi connectivity index (χ2v) is 7.31. The summed E-state index contributed by atoms with van der Waals surface area (Å²) < 4.78 is 0.945. The molecule has 1 aromatic carbocycles. The molecule has 1 N–H and O–H groups in total. The third-order valence-electron chi connectivity index (χ3n) is 4.27. The summed E-state index contributed by atoms with van der Waals surface area (Å²) in [6.45, 7) is 2.74. The molecule has 0 aromatic heterocycles. The number of hydrogen-bond acceptors (Lipinski definition) is 1. The Bertz CT molecular complexity index is 481. The molecule has 0 atom stereocenters. The second-order valence-electron chi connectivity index (χ2n) is 5.84. The number of hydrogen-bond donors (Lipinski definition) is 1. The Morgan fingerprint density at radius 1 is 1.30 bits per heavy atom. The zero-order chi connectivity index (χ0) is 14.6. The molecule has 0 heterocycles. The number of rotatable bonds is 4. The third-order valence-corrected chi connectivity index (χ3v) is 5.95. The van der Waals surface area contributed by atoms with Crippen LogP contribution < -0.4 is 5.32 Å². The van der Waals surface area contributed by atoms with Crippen molar-refractivity contribution in [2.45, 2.75) is 39.0 Å². The van der Waals surface area contributed by atoms with Gasteiger partial charge in [-0.1, -0.05) is 57.2 Å². The van der Waals surface area contributed by atoms with Crippen molar-refractivity contribution in [2.24, 2.45) is 5.41 Å². The van der Waals surface area contributed by atoms with Crippen molar-refractivity contribution in [1.82, 2.24) is 5.32 Å². The largest absolute Gasteiger partial charge is 0.351 e. The molecule has 1 saturated carbocycles. The van der Waals surface area contributed by atoms with Gasteiger partial charge in [0.25, 0.3) is 5.91 Å². The van der Waals surface area contributed by atoms with Gasteiger partial charge in [0.1, 0.15) is 0 Å². The lowest BCUT2D eigenvalue weighted by atomic mass is 9.75. The molecule has 0 radical (unpaired) electrons. The topological polar surface area (TPSA) is 29.1 Å².